The predicted molar refractivity (Wildman–Crippen MR) is 75.8 cm³/mol. The van der Waals surface area contributed by atoms with Crippen LogP contribution in [0.2, 0.25) is 0 Å². The molecule has 1 unspecified atom stereocenters. The summed E-state index contributed by atoms with van der Waals surface area (Å²) in [6, 6.07) is 10.3. The van der Waals surface area contributed by atoms with Gasteiger partial charge in [0.1, 0.15) is 0 Å². The first-order chi connectivity index (χ1) is 9.92. The number of aromatic nitrogens is 2. The molecule has 1 aliphatic rings. The van der Waals surface area contributed by atoms with Gasteiger partial charge >= 0.3 is 0 Å². The molecule has 5 heteroatoms. The molecule has 2 aromatic rings. The van der Waals surface area contributed by atoms with E-state index < -0.39 is 0 Å². The Kier molecular flexibility index (Phi) is 4.42. The lowest BCUT2D eigenvalue weighted by atomic mass is 10.2. The van der Waals surface area contributed by atoms with E-state index in [2.05, 4.69) is 34.7 Å². The van der Waals surface area contributed by atoms with Gasteiger partial charge < -0.3 is 14.8 Å². The van der Waals surface area contributed by atoms with Crippen molar-refractivity contribution in [2.24, 2.45) is 0 Å². The van der Waals surface area contributed by atoms with Crippen LogP contribution in [0.3, 0.4) is 0 Å². The van der Waals surface area contributed by atoms with Crippen LogP contribution in [0.4, 0.5) is 0 Å². The molecule has 0 saturated carbocycles. The van der Waals surface area contributed by atoms with Crippen LogP contribution in [0.15, 0.2) is 42.7 Å². The van der Waals surface area contributed by atoms with Crippen molar-refractivity contribution in [3.8, 4) is 5.69 Å². The zero-order valence-electron chi connectivity index (χ0n) is 11.4. The van der Waals surface area contributed by atoms with Crippen LogP contribution in [0.5, 0.6) is 0 Å². The van der Waals surface area contributed by atoms with Gasteiger partial charge in [-0.25, -0.2) is 4.68 Å². The predicted octanol–water partition coefficient (Wildman–Crippen LogP) is 1.38. The van der Waals surface area contributed by atoms with Crippen molar-refractivity contribution in [1.82, 2.24) is 15.1 Å². The Labute approximate surface area is 118 Å². The van der Waals surface area contributed by atoms with E-state index >= 15 is 0 Å². The standard InChI is InChI=1S/C15H19N3O2/c1-6-17-18(7-1)14-4-2-13(3-5-14)10-16-11-15-12-19-8-9-20-15/h1-7,15-16H,8-12H2. The van der Waals surface area contributed by atoms with Crippen LogP contribution < -0.4 is 5.32 Å². The minimum atomic E-state index is 0.173. The third kappa shape index (κ3) is 3.45. The van der Waals surface area contributed by atoms with Crippen molar-refractivity contribution in [2.45, 2.75) is 12.6 Å². The van der Waals surface area contributed by atoms with Gasteiger partial charge in [-0.3, -0.25) is 0 Å². The Morgan fingerprint density at radius 1 is 1.25 bits per heavy atom. The molecule has 1 N–H and O–H groups in total. The highest BCUT2D eigenvalue weighted by molar-refractivity contribution is 5.33. The first-order valence-corrected chi connectivity index (χ1v) is 6.91. The highest BCUT2D eigenvalue weighted by Crippen LogP contribution is 2.08. The number of hydrogen-bond acceptors (Lipinski definition) is 4. The quantitative estimate of drug-likeness (QED) is 0.894. The maximum Gasteiger partial charge on any atom is 0.0933 e. The molecule has 5 nitrogen and oxygen atoms in total. The summed E-state index contributed by atoms with van der Waals surface area (Å²) in [5.74, 6) is 0. The summed E-state index contributed by atoms with van der Waals surface area (Å²) in [4.78, 5) is 0. The molecule has 106 valence electrons. The van der Waals surface area contributed by atoms with E-state index in [1.54, 1.807) is 6.20 Å². The summed E-state index contributed by atoms with van der Waals surface area (Å²) in [5, 5.41) is 7.61. The summed E-state index contributed by atoms with van der Waals surface area (Å²) in [6.45, 7) is 3.75. The zero-order chi connectivity index (χ0) is 13.6. The number of nitrogens with zero attached hydrogens (tertiary/aromatic N) is 2. The van der Waals surface area contributed by atoms with Crippen molar-refractivity contribution in [1.29, 1.82) is 0 Å². The lowest BCUT2D eigenvalue weighted by molar-refractivity contribution is -0.0864. The molecule has 1 aromatic carbocycles. The summed E-state index contributed by atoms with van der Waals surface area (Å²) in [7, 11) is 0. The van der Waals surface area contributed by atoms with Crippen LogP contribution in [0.25, 0.3) is 5.69 Å². The van der Waals surface area contributed by atoms with E-state index in [1.165, 1.54) is 5.56 Å². The fraction of sp³-hybridized carbons (Fsp3) is 0.400. The van der Waals surface area contributed by atoms with Crippen LogP contribution in [-0.4, -0.2) is 42.2 Å². The van der Waals surface area contributed by atoms with E-state index in [0.29, 0.717) is 19.8 Å². The van der Waals surface area contributed by atoms with Crippen molar-refractivity contribution in [2.75, 3.05) is 26.4 Å². The third-order valence-corrected chi connectivity index (χ3v) is 3.29. The molecule has 20 heavy (non-hydrogen) atoms. The Balaban J connectivity index is 1.48. The van der Waals surface area contributed by atoms with Crippen LogP contribution in [0.1, 0.15) is 5.56 Å². The van der Waals surface area contributed by atoms with Crippen molar-refractivity contribution < 1.29 is 9.47 Å². The lowest BCUT2D eigenvalue weighted by Crippen LogP contribution is -2.37. The topological polar surface area (TPSA) is 48.3 Å². The summed E-state index contributed by atoms with van der Waals surface area (Å²) < 4.78 is 12.8. The fourth-order valence-electron chi connectivity index (χ4n) is 2.22. The van der Waals surface area contributed by atoms with Gasteiger partial charge in [-0.1, -0.05) is 12.1 Å². The van der Waals surface area contributed by atoms with Crippen LogP contribution in [-0.2, 0) is 16.0 Å². The largest absolute Gasteiger partial charge is 0.376 e. The summed E-state index contributed by atoms with van der Waals surface area (Å²) >= 11 is 0. The first-order valence-electron chi connectivity index (χ1n) is 6.91. The van der Waals surface area contributed by atoms with Gasteiger partial charge in [0, 0.05) is 25.5 Å². The molecule has 1 aliphatic heterocycles. The van der Waals surface area contributed by atoms with Gasteiger partial charge in [0.2, 0.25) is 0 Å². The first kappa shape index (κ1) is 13.3. The Bertz CT molecular complexity index is 504. The van der Waals surface area contributed by atoms with Crippen LogP contribution in [0, 0.1) is 0 Å². The molecular weight excluding hydrogens is 254 g/mol. The number of hydrogen-bond donors (Lipinski definition) is 1. The second kappa shape index (κ2) is 6.65. The Morgan fingerprint density at radius 2 is 2.15 bits per heavy atom. The number of nitrogens with one attached hydrogen (secondary N) is 1. The minimum Gasteiger partial charge on any atom is -0.376 e. The summed E-state index contributed by atoms with van der Waals surface area (Å²) in [6.07, 6.45) is 3.89. The average Bonchev–Trinajstić information content (AvgIpc) is 3.03. The Morgan fingerprint density at radius 3 is 2.85 bits per heavy atom. The SMILES string of the molecule is c1cnn(-c2ccc(CNCC3COCCO3)cc2)c1. The van der Waals surface area contributed by atoms with Gasteiger partial charge in [0.25, 0.3) is 0 Å². The maximum atomic E-state index is 5.58. The fourth-order valence-corrected chi connectivity index (χ4v) is 2.22. The van der Waals surface area contributed by atoms with E-state index in [4.69, 9.17) is 9.47 Å². The molecule has 1 saturated heterocycles. The monoisotopic (exact) mass is 273 g/mol. The van der Waals surface area contributed by atoms with Crippen LogP contribution >= 0.6 is 0 Å². The van der Waals surface area contributed by atoms with Gasteiger partial charge in [0.05, 0.1) is 31.6 Å². The molecule has 1 atom stereocenters. The summed E-state index contributed by atoms with van der Waals surface area (Å²) in [5.41, 5.74) is 2.32. The second-order valence-corrected chi connectivity index (χ2v) is 4.82. The van der Waals surface area contributed by atoms with Gasteiger partial charge in [0.15, 0.2) is 0 Å². The highest BCUT2D eigenvalue weighted by Gasteiger charge is 2.13. The molecule has 3 rings (SSSR count). The number of benzene rings is 1. The molecule has 0 amide bonds. The Hall–Kier alpha value is -1.69. The normalized spacial score (nSPS) is 19.1. The van der Waals surface area contributed by atoms with Crippen molar-refractivity contribution in [3.63, 3.8) is 0 Å². The van der Waals surface area contributed by atoms with E-state index in [-0.39, 0.29) is 6.10 Å². The molecule has 0 bridgehead atoms. The highest BCUT2D eigenvalue weighted by atomic mass is 16.6. The molecular formula is C15H19N3O2. The van der Waals surface area contributed by atoms with E-state index in [1.807, 2.05) is 16.9 Å². The average molecular weight is 273 g/mol. The molecule has 0 spiro atoms. The van der Waals surface area contributed by atoms with Gasteiger partial charge in [-0.05, 0) is 23.8 Å². The van der Waals surface area contributed by atoms with Gasteiger partial charge in [-0.2, -0.15) is 5.10 Å². The smallest absolute Gasteiger partial charge is 0.0933 e. The number of rotatable bonds is 5. The minimum absolute atomic E-state index is 0.173. The third-order valence-electron chi connectivity index (χ3n) is 3.29. The molecule has 0 radical (unpaired) electrons. The molecule has 2 heterocycles. The van der Waals surface area contributed by atoms with Crippen molar-refractivity contribution >= 4 is 0 Å². The number of ether oxygens (including phenoxy) is 2. The maximum absolute atomic E-state index is 5.58. The lowest BCUT2D eigenvalue weighted by Gasteiger charge is -2.23. The second-order valence-electron chi connectivity index (χ2n) is 4.82. The molecule has 1 aromatic heterocycles. The van der Waals surface area contributed by atoms with E-state index in [0.717, 1.165) is 18.8 Å². The zero-order valence-corrected chi connectivity index (χ0v) is 11.4. The van der Waals surface area contributed by atoms with Crippen molar-refractivity contribution in [3.05, 3.63) is 48.3 Å². The molecule has 1 fully saturated rings. The van der Waals surface area contributed by atoms with E-state index in [9.17, 15) is 0 Å². The molecule has 0 aliphatic carbocycles. The van der Waals surface area contributed by atoms with Gasteiger partial charge in [-0.15, -0.1) is 0 Å².